The van der Waals surface area contributed by atoms with Crippen LogP contribution in [-0.4, -0.2) is 37.3 Å². The zero-order valence-electron chi connectivity index (χ0n) is 14.8. The summed E-state index contributed by atoms with van der Waals surface area (Å²) < 4.78 is 51.1. The van der Waals surface area contributed by atoms with Gasteiger partial charge in [-0.05, 0) is 12.8 Å². The quantitative estimate of drug-likeness (QED) is 0.628. The molecule has 2 rings (SSSR count). The minimum atomic E-state index is -4.25. The first-order chi connectivity index (χ1) is 11.5. The van der Waals surface area contributed by atoms with Crippen molar-refractivity contribution in [2.24, 2.45) is 0 Å². The van der Waals surface area contributed by atoms with Gasteiger partial charge in [-0.3, -0.25) is 0 Å². The van der Waals surface area contributed by atoms with Gasteiger partial charge in [0.15, 0.2) is 5.79 Å². The van der Waals surface area contributed by atoms with E-state index in [1.165, 1.54) is 32.1 Å². The second-order valence-electron chi connectivity index (χ2n) is 7.24. The summed E-state index contributed by atoms with van der Waals surface area (Å²) in [6.45, 7) is 3.18. The molecule has 2 saturated heterocycles. The van der Waals surface area contributed by atoms with E-state index in [-0.39, 0.29) is 12.5 Å². The van der Waals surface area contributed by atoms with Crippen molar-refractivity contribution >= 4 is 0 Å². The molecule has 2 aliphatic rings. The summed E-state index contributed by atoms with van der Waals surface area (Å²) >= 11 is 0. The number of halogens is 3. The lowest BCUT2D eigenvalue weighted by Gasteiger charge is -2.46. The largest absolute Gasteiger partial charge is 0.404 e. The Kier molecular flexibility index (Phi) is 7.82. The van der Waals surface area contributed by atoms with Gasteiger partial charge >= 0.3 is 6.18 Å². The predicted molar refractivity (Wildman–Crippen MR) is 87.9 cm³/mol. The van der Waals surface area contributed by atoms with Gasteiger partial charge in [0.25, 0.3) is 0 Å². The van der Waals surface area contributed by atoms with E-state index in [9.17, 15) is 13.2 Å². The van der Waals surface area contributed by atoms with Crippen LogP contribution in [0.5, 0.6) is 0 Å². The maximum absolute atomic E-state index is 13.2. The molecule has 6 heteroatoms. The normalized spacial score (nSPS) is 27.5. The SMILES string of the molecule is CCCCCCCCC[C@@H]1CC2(C[C@H](C(F)(F)F)N1)OCCCO2. The Labute approximate surface area is 143 Å². The first-order valence-corrected chi connectivity index (χ1v) is 9.56. The molecular weight excluding hydrogens is 319 g/mol. The van der Waals surface area contributed by atoms with Gasteiger partial charge in [-0.1, -0.05) is 51.9 Å². The summed E-state index contributed by atoms with van der Waals surface area (Å²) in [5.74, 6) is -1.03. The molecule has 2 fully saturated rings. The minimum Gasteiger partial charge on any atom is -0.350 e. The van der Waals surface area contributed by atoms with Crippen LogP contribution in [0.4, 0.5) is 13.2 Å². The summed E-state index contributed by atoms with van der Waals surface area (Å²) in [6.07, 6.45) is 5.87. The maximum Gasteiger partial charge on any atom is 0.404 e. The Morgan fingerprint density at radius 1 is 0.958 bits per heavy atom. The van der Waals surface area contributed by atoms with Crippen LogP contribution in [0.25, 0.3) is 0 Å². The summed E-state index contributed by atoms with van der Waals surface area (Å²) in [6, 6.07) is -1.71. The lowest BCUT2D eigenvalue weighted by molar-refractivity contribution is -0.302. The molecule has 0 aliphatic carbocycles. The van der Waals surface area contributed by atoms with Gasteiger partial charge in [0.05, 0.1) is 13.2 Å². The molecule has 0 unspecified atom stereocenters. The van der Waals surface area contributed by atoms with Crippen molar-refractivity contribution in [3.05, 3.63) is 0 Å². The highest BCUT2D eigenvalue weighted by atomic mass is 19.4. The smallest absolute Gasteiger partial charge is 0.350 e. The molecule has 24 heavy (non-hydrogen) atoms. The van der Waals surface area contributed by atoms with Crippen LogP contribution in [-0.2, 0) is 9.47 Å². The number of piperidine rings is 1. The van der Waals surface area contributed by atoms with Crippen LogP contribution in [0, 0.1) is 0 Å². The zero-order chi connectivity index (χ0) is 17.5. The third-order valence-electron chi connectivity index (χ3n) is 5.08. The standard InChI is InChI=1S/C18H32F3NO2/c1-2-3-4-5-6-7-8-10-15-13-17(23-11-9-12-24-17)14-16(22-15)18(19,20)21/h15-16,22H,2-14H2,1H3/t15-,16-/m1/s1. The summed E-state index contributed by atoms with van der Waals surface area (Å²) in [5.41, 5.74) is 0. The number of hydrogen-bond acceptors (Lipinski definition) is 3. The van der Waals surface area contributed by atoms with Crippen molar-refractivity contribution in [1.29, 1.82) is 0 Å². The Morgan fingerprint density at radius 2 is 1.58 bits per heavy atom. The fraction of sp³-hybridized carbons (Fsp3) is 1.00. The Balaban J connectivity index is 1.79. The fourth-order valence-electron chi connectivity index (χ4n) is 3.77. The first-order valence-electron chi connectivity index (χ1n) is 9.56. The monoisotopic (exact) mass is 351 g/mol. The number of rotatable bonds is 8. The van der Waals surface area contributed by atoms with Gasteiger partial charge in [0, 0.05) is 18.9 Å². The zero-order valence-corrected chi connectivity index (χ0v) is 14.8. The van der Waals surface area contributed by atoms with Crippen molar-refractivity contribution in [2.45, 2.75) is 102 Å². The second-order valence-corrected chi connectivity index (χ2v) is 7.24. The molecule has 0 saturated carbocycles. The Morgan fingerprint density at radius 3 is 2.21 bits per heavy atom. The molecule has 0 aromatic carbocycles. The van der Waals surface area contributed by atoms with Crippen molar-refractivity contribution in [3.8, 4) is 0 Å². The van der Waals surface area contributed by atoms with Gasteiger partial charge in [-0.2, -0.15) is 13.2 Å². The van der Waals surface area contributed by atoms with Crippen molar-refractivity contribution in [2.75, 3.05) is 13.2 Å². The van der Waals surface area contributed by atoms with E-state index in [2.05, 4.69) is 12.2 Å². The molecule has 2 atom stereocenters. The third-order valence-corrected chi connectivity index (χ3v) is 5.08. The highest BCUT2D eigenvalue weighted by molar-refractivity contribution is 4.95. The van der Waals surface area contributed by atoms with E-state index < -0.39 is 18.0 Å². The average molecular weight is 351 g/mol. The molecule has 2 heterocycles. The van der Waals surface area contributed by atoms with Crippen LogP contribution in [0.3, 0.4) is 0 Å². The predicted octanol–water partition coefficient (Wildman–Crippen LogP) is 4.94. The molecule has 0 aromatic heterocycles. The van der Waals surface area contributed by atoms with E-state index in [1.54, 1.807) is 0 Å². The van der Waals surface area contributed by atoms with E-state index in [0.29, 0.717) is 19.6 Å². The lowest BCUT2D eigenvalue weighted by atomic mass is 9.88. The molecule has 3 nitrogen and oxygen atoms in total. The molecule has 0 bridgehead atoms. The highest BCUT2D eigenvalue weighted by Gasteiger charge is 2.52. The number of nitrogens with one attached hydrogen (secondary N) is 1. The molecule has 142 valence electrons. The topological polar surface area (TPSA) is 30.5 Å². The number of hydrogen-bond donors (Lipinski definition) is 1. The van der Waals surface area contributed by atoms with Gasteiger partial charge < -0.3 is 14.8 Å². The molecule has 0 aromatic rings. The van der Waals surface area contributed by atoms with Gasteiger partial charge in [-0.25, -0.2) is 0 Å². The van der Waals surface area contributed by atoms with Crippen LogP contribution in [0.2, 0.25) is 0 Å². The Bertz CT molecular complexity index is 357. The number of alkyl halides is 3. The third kappa shape index (κ3) is 6.19. The molecular formula is C18H32F3NO2. The number of ether oxygens (including phenoxy) is 2. The van der Waals surface area contributed by atoms with E-state index >= 15 is 0 Å². The van der Waals surface area contributed by atoms with Crippen LogP contribution < -0.4 is 5.32 Å². The molecule has 0 radical (unpaired) electrons. The van der Waals surface area contributed by atoms with E-state index in [4.69, 9.17) is 9.47 Å². The lowest BCUT2D eigenvalue weighted by Crippen LogP contribution is -2.61. The molecule has 1 spiro atoms. The van der Waals surface area contributed by atoms with Crippen molar-refractivity contribution in [3.63, 3.8) is 0 Å². The molecule has 1 N–H and O–H groups in total. The second kappa shape index (κ2) is 9.39. The van der Waals surface area contributed by atoms with Gasteiger partial charge in [-0.15, -0.1) is 0 Å². The van der Waals surface area contributed by atoms with Crippen LogP contribution >= 0.6 is 0 Å². The summed E-state index contributed by atoms with van der Waals surface area (Å²) in [5, 5.41) is 2.79. The summed E-state index contributed by atoms with van der Waals surface area (Å²) in [7, 11) is 0. The van der Waals surface area contributed by atoms with Crippen molar-refractivity contribution in [1.82, 2.24) is 5.32 Å². The highest BCUT2D eigenvalue weighted by Crippen LogP contribution is 2.39. The molecule has 2 aliphatic heterocycles. The Hall–Kier alpha value is -0.330. The average Bonchev–Trinajstić information content (AvgIpc) is 2.53. The first kappa shape index (κ1) is 20.0. The van der Waals surface area contributed by atoms with Crippen LogP contribution in [0.15, 0.2) is 0 Å². The van der Waals surface area contributed by atoms with Gasteiger partial charge in [0.2, 0.25) is 0 Å². The summed E-state index contributed by atoms with van der Waals surface area (Å²) in [4.78, 5) is 0. The number of unbranched alkanes of at least 4 members (excludes halogenated alkanes) is 6. The van der Waals surface area contributed by atoms with Crippen molar-refractivity contribution < 1.29 is 22.6 Å². The minimum absolute atomic E-state index is 0.135. The molecule has 0 amide bonds. The van der Waals surface area contributed by atoms with Gasteiger partial charge in [0.1, 0.15) is 6.04 Å². The van der Waals surface area contributed by atoms with E-state index in [0.717, 1.165) is 25.7 Å². The fourth-order valence-corrected chi connectivity index (χ4v) is 3.77. The van der Waals surface area contributed by atoms with Crippen LogP contribution in [0.1, 0.15) is 77.6 Å². The maximum atomic E-state index is 13.2. The van der Waals surface area contributed by atoms with E-state index in [1.807, 2.05) is 0 Å².